The highest BCUT2D eigenvalue weighted by atomic mass is 16.5. The zero-order valence-electron chi connectivity index (χ0n) is 12.2. The predicted octanol–water partition coefficient (Wildman–Crippen LogP) is 1.51. The summed E-state index contributed by atoms with van der Waals surface area (Å²) in [5, 5.41) is 7.30. The van der Waals surface area contributed by atoms with Crippen LogP contribution in [0.15, 0.2) is 34.9 Å². The van der Waals surface area contributed by atoms with Gasteiger partial charge in [0, 0.05) is 13.2 Å². The molecule has 1 aromatic carbocycles. The Morgan fingerprint density at radius 2 is 2.10 bits per heavy atom. The smallest absolute Gasteiger partial charge is 0.233 e. The number of methoxy groups -OCH3 is 1. The minimum absolute atomic E-state index is 0.0875. The molecule has 0 amide bonds. The van der Waals surface area contributed by atoms with E-state index in [0.717, 1.165) is 5.56 Å². The molecule has 1 fully saturated rings. The SMILES string of the molecule is CNC1COCC1c1nc(C(OC)c2ccccc2)no1. The van der Waals surface area contributed by atoms with Gasteiger partial charge in [-0.3, -0.25) is 0 Å². The van der Waals surface area contributed by atoms with Crippen LogP contribution in [0.1, 0.15) is 29.3 Å². The molecule has 1 aliphatic heterocycles. The van der Waals surface area contributed by atoms with Crippen molar-refractivity contribution in [2.75, 3.05) is 27.4 Å². The summed E-state index contributed by atoms with van der Waals surface area (Å²) in [7, 11) is 3.55. The van der Waals surface area contributed by atoms with Crippen LogP contribution in [0.2, 0.25) is 0 Å². The van der Waals surface area contributed by atoms with Gasteiger partial charge in [0.2, 0.25) is 11.7 Å². The van der Waals surface area contributed by atoms with Crippen molar-refractivity contribution in [1.82, 2.24) is 15.5 Å². The first kappa shape index (κ1) is 14.2. The predicted molar refractivity (Wildman–Crippen MR) is 76.0 cm³/mol. The number of hydrogen-bond donors (Lipinski definition) is 1. The van der Waals surface area contributed by atoms with E-state index in [-0.39, 0.29) is 18.1 Å². The Morgan fingerprint density at radius 1 is 1.29 bits per heavy atom. The van der Waals surface area contributed by atoms with E-state index in [1.165, 1.54) is 0 Å². The zero-order valence-corrected chi connectivity index (χ0v) is 12.2. The molecule has 0 saturated carbocycles. The number of likely N-dealkylation sites (N-methyl/N-ethyl adjacent to an activating group) is 1. The lowest BCUT2D eigenvalue weighted by Crippen LogP contribution is -2.31. The van der Waals surface area contributed by atoms with Crippen molar-refractivity contribution in [2.45, 2.75) is 18.1 Å². The highest BCUT2D eigenvalue weighted by Crippen LogP contribution is 2.28. The van der Waals surface area contributed by atoms with Crippen molar-refractivity contribution < 1.29 is 14.0 Å². The number of ether oxygens (including phenoxy) is 2. The third kappa shape index (κ3) is 2.83. The second-order valence-corrected chi connectivity index (χ2v) is 5.06. The van der Waals surface area contributed by atoms with Gasteiger partial charge in [-0.1, -0.05) is 35.5 Å². The van der Waals surface area contributed by atoms with E-state index in [1.807, 2.05) is 37.4 Å². The number of rotatable bonds is 5. The van der Waals surface area contributed by atoms with Gasteiger partial charge in [-0.05, 0) is 12.6 Å². The summed E-state index contributed by atoms with van der Waals surface area (Å²) in [5.41, 5.74) is 1.00. The van der Waals surface area contributed by atoms with Crippen molar-refractivity contribution in [3.63, 3.8) is 0 Å². The Kier molecular flexibility index (Phi) is 4.28. The zero-order chi connectivity index (χ0) is 14.7. The van der Waals surface area contributed by atoms with Crippen LogP contribution in [0.25, 0.3) is 0 Å². The molecule has 0 aliphatic carbocycles. The molecule has 1 N–H and O–H groups in total. The van der Waals surface area contributed by atoms with Crippen LogP contribution < -0.4 is 5.32 Å². The monoisotopic (exact) mass is 289 g/mol. The molecule has 2 heterocycles. The molecule has 0 radical (unpaired) electrons. The van der Waals surface area contributed by atoms with Crippen LogP contribution in [-0.4, -0.2) is 43.6 Å². The Bertz CT molecular complexity index is 573. The van der Waals surface area contributed by atoms with E-state index in [0.29, 0.717) is 24.9 Å². The van der Waals surface area contributed by atoms with Crippen molar-refractivity contribution >= 4 is 0 Å². The Balaban J connectivity index is 1.83. The van der Waals surface area contributed by atoms with E-state index >= 15 is 0 Å². The number of nitrogens with zero attached hydrogens (tertiary/aromatic N) is 2. The normalized spacial score (nSPS) is 23.3. The average Bonchev–Trinajstić information content (AvgIpc) is 3.17. The molecule has 1 aromatic heterocycles. The molecule has 21 heavy (non-hydrogen) atoms. The van der Waals surface area contributed by atoms with Gasteiger partial charge < -0.3 is 19.3 Å². The van der Waals surface area contributed by atoms with Crippen molar-refractivity contribution in [3.05, 3.63) is 47.6 Å². The van der Waals surface area contributed by atoms with Gasteiger partial charge in [0.05, 0.1) is 19.1 Å². The fraction of sp³-hybridized carbons (Fsp3) is 0.467. The third-order valence-corrected chi connectivity index (χ3v) is 3.80. The highest BCUT2D eigenvalue weighted by molar-refractivity contribution is 5.22. The van der Waals surface area contributed by atoms with Gasteiger partial charge in [-0.25, -0.2) is 0 Å². The molecule has 6 nitrogen and oxygen atoms in total. The summed E-state index contributed by atoms with van der Waals surface area (Å²) in [6.45, 7) is 1.25. The fourth-order valence-corrected chi connectivity index (χ4v) is 2.60. The van der Waals surface area contributed by atoms with E-state index in [2.05, 4.69) is 15.5 Å². The maximum Gasteiger partial charge on any atom is 0.233 e. The minimum Gasteiger partial charge on any atom is -0.379 e. The van der Waals surface area contributed by atoms with Crippen molar-refractivity contribution in [2.24, 2.45) is 0 Å². The van der Waals surface area contributed by atoms with Gasteiger partial charge in [0.1, 0.15) is 6.10 Å². The highest BCUT2D eigenvalue weighted by Gasteiger charge is 2.33. The van der Waals surface area contributed by atoms with Gasteiger partial charge in [0.15, 0.2) is 0 Å². The number of aromatic nitrogens is 2. The van der Waals surface area contributed by atoms with Crippen LogP contribution >= 0.6 is 0 Å². The standard InChI is InChI=1S/C15H19N3O3/c1-16-12-9-20-8-11(12)15-17-14(18-21-15)13(19-2)10-6-4-3-5-7-10/h3-7,11-13,16H,8-9H2,1-2H3. The summed E-state index contributed by atoms with van der Waals surface area (Å²) in [6.07, 6.45) is -0.320. The van der Waals surface area contributed by atoms with E-state index in [9.17, 15) is 0 Å². The maximum atomic E-state index is 5.52. The lowest BCUT2D eigenvalue weighted by molar-refractivity contribution is 0.126. The van der Waals surface area contributed by atoms with E-state index < -0.39 is 0 Å². The molecule has 3 atom stereocenters. The van der Waals surface area contributed by atoms with Crippen molar-refractivity contribution in [1.29, 1.82) is 0 Å². The molecular formula is C15H19N3O3. The first-order valence-electron chi connectivity index (χ1n) is 6.99. The topological polar surface area (TPSA) is 69.4 Å². The molecule has 2 aromatic rings. The molecule has 1 saturated heterocycles. The summed E-state index contributed by atoms with van der Waals surface area (Å²) >= 11 is 0. The molecule has 112 valence electrons. The summed E-state index contributed by atoms with van der Waals surface area (Å²) < 4.78 is 16.4. The second kappa shape index (κ2) is 6.34. The Hall–Kier alpha value is -1.76. The lowest BCUT2D eigenvalue weighted by Gasteiger charge is -2.12. The Morgan fingerprint density at radius 3 is 2.81 bits per heavy atom. The first-order valence-corrected chi connectivity index (χ1v) is 6.99. The lowest BCUT2D eigenvalue weighted by atomic mass is 10.0. The average molecular weight is 289 g/mol. The van der Waals surface area contributed by atoms with Gasteiger partial charge in [-0.2, -0.15) is 4.98 Å². The van der Waals surface area contributed by atoms with Crippen LogP contribution in [-0.2, 0) is 9.47 Å². The molecule has 0 spiro atoms. The molecule has 3 unspecified atom stereocenters. The second-order valence-electron chi connectivity index (χ2n) is 5.06. The molecular weight excluding hydrogens is 270 g/mol. The van der Waals surface area contributed by atoms with Gasteiger partial charge in [0.25, 0.3) is 0 Å². The van der Waals surface area contributed by atoms with Crippen LogP contribution in [0.5, 0.6) is 0 Å². The number of hydrogen-bond acceptors (Lipinski definition) is 6. The van der Waals surface area contributed by atoms with Crippen LogP contribution in [0.4, 0.5) is 0 Å². The van der Waals surface area contributed by atoms with E-state index in [4.69, 9.17) is 14.0 Å². The first-order chi connectivity index (χ1) is 10.3. The Labute approximate surface area is 123 Å². The number of benzene rings is 1. The quantitative estimate of drug-likeness (QED) is 0.899. The summed E-state index contributed by atoms with van der Waals surface area (Å²) in [4.78, 5) is 4.52. The molecule has 6 heteroatoms. The summed E-state index contributed by atoms with van der Waals surface area (Å²) in [5.74, 6) is 1.23. The third-order valence-electron chi connectivity index (χ3n) is 3.80. The fourth-order valence-electron chi connectivity index (χ4n) is 2.60. The number of nitrogens with one attached hydrogen (secondary N) is 1. The van der Waals surface area contributed by atoms with E-state index in [1.54, 1.807) is 7.11 Å². The van der Waals surface area contributed by atoms with Crippen LogP contribution in [0.3, 0.4) is 0 Å². The van der Waals surface area contributed by atoms with Crippen molar-refractivity contribution in [3.8, 4) is 0 Å². The maximum absolute atomic E-state index is 5.52. The van der Waals surface area contributed by atoms with Gasteiger partial charge >= 0.3 is 0 Å². The molecule has 1 aliphatic rings. The minimum atomic E-state index is -0.320. The molecule has 0 bridgehead atoms. The molecule has 3 rings (SSSR count). The summed E-state index contributed by atoms with van der Waals surface area (Å²) in [6, 6.07) is 10.1. The van der Waals surface area contributed by atoms with Gasteiger partial charge in [-0.15, -0.1) is 0 Å². The van der Waals surface area contributed by atoms with Crippen LogP contribution in [0, 0.1) is 0 Å². The largest absolute Gasteiger partial charge is 0.379 e.